The minimum absolute atomic E-state index is 0.0996. The average Bonchev–Trinajstić information content (AvgIpc) is 3.60. The number of nitrogens with one attached hydrogen (secondary N) is 1. The maximum absolute atomic E-state index is 13.1. The molecule has 1 aromatic carbocycles. The molecule has 3 aromatic heterocycles. The second-order valence-corrected chi connectivity index (χ2v) is 11.1. The van der Waals surface area contributed by atoms with Crippen molar-refractivity contribution in [1.29, 1.82) is 0 Å². The molecule has 1 unspecified atom stereocenters. The molecule has 5 heterocycles. The van der Waals surface area contributed by atoms with E-state index in [0.29, 0.717) is 28.3 Å². The van der Waals surface area contributed by atoms with Crippen LogP contribution in [0.4, 0.5) is 5.13 Å². The zero-order valence-corrected chi connectivity index (χ0v) is 23.0. The zero-order chi connectivity index (χ0) is 28.7. The summed E-state index contributed by atoms with van der Waals surface area (Å²) in [7, 11) is 1.28. The van der Waals surface area contributed by atoms with Crippen LogP contribution in [0, 0.1) is 0 Å². The highest BCUT2D eigenvalue weighted by atomic mass is 32.2. The van der Waals surface area contributed by atoms with E-state index in [2.05, 4.69) is 20.4 Å². The lowest BCUT2D eigenvalue weighted by molar-refractivity contribution is -0.688. The molecule has 2 aliphatic rings. The number of thiazole rings is 1. The predicted molar refractivity (Wildman–Crippen MR) is 149 cm³/mol. The van der Waals surface area contributed by atoms with Crippen molar-refractivity contribution in [2.75, 3.05) is 18.6 Å². The Balaban J connectivity index is 1.21. The summed E-state index contributed by atoms with van der Waals surface area (Å²) >= 11 is 2.49. The topological polar surface area (TPSA) is 177 Å². The number of thioether (sulfide) groups is 1. The van der Waals surface area contributed by atoms with Gasteiger partial charge in [0, 0.05) is 28.3 Å². The van der Waals surface area contributed by atoms with Crippen LogP contribution in [-0.4, -0.2) is 67.7 Å². The van der Waals surface area contributed by atoms with Crippen LogP contribution in [0.15, 0.2) is 75.0 Å². The van der Waals surface area contributed by atoms with Crippen molar-refractivity contribution >= 4 is 62.8 Å². The van der Waals surface area contributed by atoms with Crippen molar-refractivity contribution in [3.63, 3.8) is 0 Å². The van der Waals surface area contributed by atoms with Crippen LogP contribution in [0.25, 0.3) is 22.6 Å². The second-order valence-electron chi connectivity index (χ2n) is 9.06. The van der Waals surface area contributed by atoms with Crippen molar-refractivity contribution in [3.8, 4) is 11.5 Å². The van der Waals surface area contributed by atoms with Gasteiger partial charge in [0.15, 0.2) is 23.6 Å². The standard InChI is InChI=1S/C26H21N7O6S2/c1-38-31-18(16-12-41-26(27)29-16)21(34)30-19-23(35)33-20(25(36)37)14(11-40-24(19)33)9-32-8-7-15-17(10-32)39-22(28-15)13-5-3-2-4-6-13/h2-8,10,12,19,24H,9,11H2,1H3,(H3-,27,29,30,34,36,37)/p+1/t19?,24-/m0/s1. The number of hydrogen-bond donors (Lipinski definition) is 3. The number of oxazole rings is 1. The number of benzene rings is 1. The van der Waals surface area contributed by atoms with E-state index in [4.69, 9.17) is 15.0 Å². The lowest BCUT2D eigenvalue weighted by atomic mass is 10.0. The number of nitrogen functional groups attached to an aromatic ring is 1. The molecule has 0 spiro atoms. The van der Waals surface area contributed by atoms with Gasteiger partial charge in [-0.15, -0.1) is 23.1 Å². The normalized spacial score (nSPS) is 18.7. The number of carboxylic acids is 1. The lowest BCUT2D eigenvalue weighted by Gasteiger charge is -2.49. The molecule has 0 saturated carbocycles. The third-order valence-corrected chi connectivity index (χ3v) is 8.49. The Labute approximate surface area is 240 Å². The van der Waals surface area contributed by atoms with Crippen LogP contribution >= 0.6 is 23.1 Å². The average molecular weight is 593 g/mol. The quantitative estimate of drug-likeness (QED) is 0.118. The van der Waals surface area contributed by atoms with Gasteiger partial charge in [-0.1, -0.05) is 23.4 Å². The molecule has 0 radical (unpaired) electrons. The lowest BCUT2D eigenvalue weighted by Crippen LogP contribution is -2.71. The highest BCUT2D eigenvalue weighted by molar-refractivity contribution is 8.00. The van der Waals surface area contributed by atoms with Crippen molar-refractivity contribution < 1.29 is 33.3 Å². The summed E-state index contributed by atoms with van der Waals surface area (Å²) in [5.74, 6) is -1.64. The smallest absolute Gasteiger partial charge is 0.352 e. The van der Waals surface area contributed by atoms with Crippen molar-refractivity contribution in [2.24, 2.45) is 5.16 Å². The summed E-state index contributed by atoms with van der Waals surface area (Å²) in [6.45, 7) is 0.218. The first-order valence-electron chi connectivity index (χ1n) is 12.2. The number of pyridine rings is 1. The number of carbonyl (C=O) groups excluding carboxylic acids is 2. The van der Waals surface area contributed by atoms with E-state index in [0.717, 1.165) is 16.9 Å². The van der Waals surface area contributed by atoms with E-state index in [9.17, 15) is 19.5 Å². The second kappa shape index (κ2) is 10.7. The first-order chi connectivity index (χ1) is 19.8. The third-order valence-electron chi connectivity index (χ3n) is 6.48. The van der Waals surface area contributed by atoms with Crippen LogP contribution in [0.2, 0.25) is 0 Å². The van der Waals surface area contributed by atoms with Gasteiger partial charge in [0.25, 0.3) is 11.8 Å². The fourth-order valence-corrected chi connectivity index (χ4v) is 6.53. The number of aliphatic carboxylic acids is 1. The monoisotopic (exact) mass is 592 g/mol. The van der Waals surface area contributed by atoms with Crippen LogP contribution in [0.3, 0.4) is 0 Å². The van der Waals surface area contributed by atoms with E-state index in [1.807, 2.05) is 30.3 Å². The van der Waals surface area contributed by atoms with Crippen LogP contribution in [-0.2, 0) is 25.8 Å². The summed E-state index contributed by atoms with van der Waals surface area (Å²) in [5.41, 5.74) is 8.23. The Morgan fingerprint density at radius 1 is 1.29 bits per heavy atom. The van der Waals surface area contributed by atoms with Crippen molar-refractivity contribution in [3.05, 3.63) is 71.1 Å². The number of amides is 2. The molecule has 4 N–H and O–H groups in total. The SMILES string of the molecule is CON=C(C(=O)NC1C(=O)N2C(C(=O)O)=C(C[n+]3ccc4nc(-c5ccccc5)oc4c3)CS[C@@H]12)c1csc(N)n1. The minimum atomic E-state index is -1.23. The molecule has 2 aliphatic heterocycles. The highest BCUT2D eigenvalue weighted by Crippen LogP contribution is 2.40. The largest absolute Gasteiger partial charge is 0.477 e. The third kappa shape index (κ3) is 4.89. The van der Waals surface area contributed by atoms with Gasteiger partial charge in [0.05, 0.1) is 0 Å². The van der Waals surface area contributed by atoms with E-state index in [1.165, 1.54) is 23.8 Å². The van der Waals surface area contributed by atoms with Gasteiger partial charge >= 0.3 is 5.97 Å². The molecule has 2 atom stereocenters. The number of aromatic nitrogens is 3. The summed E-state index contributed by atoms with van der Waals surface area (Å²) in [4.78, 5) is 53.0. The molecule has 6 rings (SSSR count). The van der Waals surface area contributed by atoms with Crippen LogP contribution < -0.4 is 15.6 Å². The Hall–Kier alpha value is -4.76. The van der Waals surface area contributed by atoms with Gasteiger partial charge in [-0.05, 0) is 12.1 Å². The summed E-state index contributed by atoms with van der Waals surface area (Å²) in [6, 6.07) is 10.3. The predicted octanol–water partition coefficient (Wildman–Crippen LogP) is 1.61. The molecule has 2 amide bonds. The van der Waals surface area contributed by atoms with E-state index in [-0.39, 0.29) is 28.8 Å². The van der Waals surface area contributed by atoms with E-state index < -0.39 is 29.2 Å². The molecule has 4 aromatic rings. The molecule has 1 fully saturated rings. The van der Waals surface area contributed by atoms with E-state index >= 15 is 0 Å². The molecule has 0 aliphatic carbocycles. The van der Waals surface area contributed by atoms with Crippen LogP contribution in [0.5, 0.6) is 0 Å². The Kier molecular flexibility index (Phi) is 6.88. The maximum atomic E-state index is 13.1. The molecule has 1 saturated heterocycles. The maximum Gasteiger partial charge on any atom is 0.352 e. The number of carboxylic acid groups (broad SMARTS) is 1. The number of hydrogen-bond acceptors (Lipinski definition) is 11. The minimum Gasteiger partial charge on any atom is -0.477 e. The summed E-state index contributed by atoms with van der Waals surface area (Å²) < 4.78 is 7.73. The van der Waals surface area contributed by atoms with Crippen LogP contribution in [0.1, 0.15) is 5.69 Å². The van der Waals surface area contributed by atoms with Gasteiger partial charge in [0.1, 0.15) is 35.4 Å². The molecule has 13 nitrogen and oxygen atoms in total. The molecule has 41 heavy (non-hydrogen) atoms. The fraction of sp³-hybridized carbons (Fsp3) is 0.192. The number of nitrogens with two attached hydrogens (primary N) is 1. The van der Waals surface area contributed by atoms with Gasteiger partial charge in [-0.2, -0.15) is 4.57 Å². The van der Waals surface area contributed by atoms with Gasteiger partial charge in [0.2, 0.25) is 17.7 Å². The van der Waals surface area contributed by atoms with Crippen molar-refractivity contribution in [2.45, 2.75) is 18.0 Å². The zero-order valence-electron chi connectivity index (χ0n) is 21.4. The highest BCUT2D eigenvalue weighted by Gasteiger charge is 2.54. The molecular formula is C26H22N7O6S2+. The van der Waals surface area contributed by atoms with Crippen molar-refractivity contribution in [1.82, 2.24) is 20.2 Å². The Morgan fingerprint density at radius 2 is 2.10 bits per heavy atom. The van der Waals surface area contributed by atoms with Gasteiger partial charge < -0.3 is 25.4 Å². The van der Waals surface area contributed by atoms with E-state index in [1.54, 1.807) is 28.4 Å². The Bertz CT molecular complexity index is 1750. The number of carbonyl (C=O) groups is 3. The van der Waals surface area contributed by atoms with Gasteiger partial charge in [-0.3, -0.25) is 14.5 Å². The first-order valence-corrected chi connectivity index (χ1v) is 14.2. The molecule has 208 valence electrons. The molecular weight excluding hydrogens is 570 g/mol. The number of β-lactam (4-membered cyclic amide) rings is 1. The molecule has 0 bridgehead atoms. The number of anilines is 1. The number of rotatable bonds is 8. The molecule has 15 heteroatoms. The number of oxime groups is 1. The number of nitrogens with zero attached hydrogens (tertiary/aromatic N) is 5. The fourth-order valence-electron chi connectivity index (χ4n) is 4.65. The summed E-state index contributed by atoms with van der Waals surface area (Å²) in [6.07, 6.45) is 3.53. The number of fused-ring (bicyclic) bond motifs is 2. The first kappa shape index (κ1) is 26.5. The summed E-state index contributed by atoms with van der Waals surface area (Å²) in [5, 5.41) is 17.6. The van der Waals surface area contributed by atoms with Gasteiger partial charge in [-0.25, -0.2) is 14.8 Å². The Morgan fingerprint density at radius 3 is 2.80 bits per heavy atom.